The van der Waals surface area contributed by atoms with Crippen LogP contribution in [0.25, 0.3) is 0 Å². The summed E-state index contributed by atoms with van der Waals surface area (Å²) < 4.78 is 0. The highest BCUT2D eigenvalue weighted by Gasteiger charge is 2.21. The molecule has 1 saturated heterocycles. The van der Waals surface area contributed by atoms with E-state index in [1.54, 1.807) is 0 Å². The van der Waals surface area contributed by atoms with Crippen LogP contribution in [0, 0.1) is 0 Å². The molecule has 1 N–H and O–H groups in total. The van der Waals surface area contributed by atoms with E-state index in [1.165, 1.54) is 22.9 Å². The summed E-state index contributed by atoms with van der Waals surface area (Å²) in [5.41, 5.74) is 0. The number of hydrogen-bond acceptors (Lipinski definition) is 5. The highest BCUT2D eigenvalue weighted by atomic mass is 32.1. The average Bonchev–Trinajstić information content (AvgIpc) is 3.06. The Morgan fingerprint density at radius 3 is 2.82 bits per heavy atom. The quantitative estimate of drug-likeness (QED) is 0.871. The molecule has 4 nitrogen and oxygen atoms in total. The van der Waals surface area contributed by atoms with E-state index >= 15 is 0 Å². The zero-order valence-corrected chi connectivity index (χ0v) is 11.2. The van der Waals surface area contributed by atoms with Crippen molar-refractivity contribution in [3.63, 3.8) is 0 Å². The van der Waals surface area contributed by atoms with E-state index in [-0.39, 0.29) is 0 Å². The topological polar surface area (TPSA) is 31.4 Å². The van der Waals surface area contributed by atoms with Crippen LogP contribution in [-0.4, -0.2) is 49.2 Å². The van der Waals surface area contributed by atoms with Gasteiger partial charge < -0.3 is 15.1 Å². The molecule has 17 heavy (non-hydrogen) atoms. The molecule has 2 aliphatic rings. The highest BCUT2D eigenvalue weighted by molar-refractivity contribution is 7.15. The molecule has 1 aromatic heterocycles. The van der Waals surface area contributed by atoms with Gasteiger partial charge in [0.2, 0.25) is 0 Å². The Morgan fingerprint density at radius 2 is 2.12 bits per heavy atom. The first-order valence-corrected chi connectivity index (χ1v) is 7.24. The average molecular weight is 252 g/mol. The van der Waals surface area contributed by atoms with Crippen molar-refractivity contribution in [1.82, 2.24) is 15.2 Å². The van der Waals surface area contributed by atoms with Crippen LogP contribution >= 0.6 is 11.3 Å². The third-order valence-electron chi connectivity index (χ3n) is 3.46. The Hall–Kier alpha value is -0.650. The Labute approximate surface area is 107 Å². The third kappa shape index (κ3) is 2.97. The van der Waals surface area contributed by atoms with Crippen LogP contribution in [0.5, 0.6) is 0 Å². The van der Waals surface area contributed by atoms with Crippen molar-refractivity contribution in [2.45, 2.75) is 25.4 Å². The number of hydrogen-bond donors (Lipinski definition) is 1. The second kappa shape index (κ2) is 4.92. The van der Waals surface area contributed by atoms with E-state index in [4.69, 9.17) is 0 Å². The molecule has 1 aromatic rings. The minimum Gasteiger partial charge on any atom is -0.346 e. The molecule has 0 amide bonds. The number of aromatic nitrogens is 1. The summed E-state index contributed by atoms with van der Waals surface area (Å²) in [5.74, 6) is 0. The van der Waals surface area contributed by atoms with Crippen LogP contribution in [0.2, 0.25) is 0 Å². The molecule has 94 valence electrons. The fraction of sp³-hybridized carbons (Fsp3) is 0.750. The summed E-state index contributed by atoms with van der Waals surface area (Å²) >= 11 is 1.84. The fourth-order valence-electron chi connectivity index (χ4n) is 2.06. The van der Waals surface area contributed by atoms with E-state index in [1.807, 2.05) is 17.5 Å². The van der Waals surface area contributed by atoms with Gasteiger partial charge in [0.1, 0.15) is 0 Å². The smallest absolute Gasteiger partial charge is 0.185 e. The van der Waals surface area contributed by atoms with E-state index in [0.29, 0.717) is 0 Å². The monoisotopic (exact) mass is 252 g/mol. The number of rotatable bonds is 4. The van der Waals surface area contributed by atoms with Crippen molar-refractivity contribution in [2.24, 2.45) is 0 Å². The lowest BCUT2D eigenvalue weighted by molar-refractivity contribution is 0.313. The molecule has 2 fully saturated rings. The maximum Gasteiger partial charge on any atom is 0.185 e. The number of likely N-dealkylation sites (N-methyl/N-ethyl adjacent to an activating group) is 1. The van der Waals surface area contributed by atoms with Gasteiger partial charge in [-0.05, 0) is 19.9 Å². The number of anilines is 1. The van der Waals surface area contributed by atoms with Crippen LogP contribution in [0.15, 0.2) is 6.20 Å². The Balaban J connectivity index is 1.55. The normalized spacial score (nSPS) is 22.1. The molecule has 1 saturated carbocycles. The largest absolute Gasteiger partial charge is 0.346 e. The standard InChI is InChI=1S/C12H20N4S/c1-15-4-6-16(7-5-15)12-14-9-11(17-12)8-13-10-2-3-10/h9-10,13H,2-8H2,1H3. The van der Waals surface area contributed by atoms with Gasteiger partial charge in [0.15, 0.2) is 5.13 Å². The zero-order valence-electron chi connectivity index (χ0n) is 10.4. The number of piperazine rings is 1. The zero-order chi connectivity index (χ0) is 11.7. The van der Waals surface area contributed by atoms with Crippen LogP contribution in [0.4, 0.5) is 5.13 Å². The number of nitrogens with zero attached hydrogens (tertiary/aromatic N) is 3. The van der Waals surface area contributed by atoms with E-state index in [9.17, 15) is 0 Å². The van der Waals surface area contributed by atoms with Crippen LogP contribution in [-0.2, 0) is 6.54 Å². The van der Waals surface area contributed by atoms with Crippen molar-refractivity contribution in [3.8, 4) is 0 Å². The van der Waals surface area contributed by atoms with Gasteiger partial charge in [-0.15, -0.1) is 11.3 Å². The first-order valence-electron chi connectivity index (χ1n) is 6.43. The Bertz CT molecular complexity index is 366. The fourth-order valence-corrected chi connectivity index (χ4v) is 2.97. The van der Waals surface area contributed by atoms with E-state index < -0.39 is 0 Å². The Kier molecular flexibility index (Phi) is 3.31. The molecule has 0 atom stereocenters. The second-order valence-electron chi connectivity index (χ2n) is 5.05. The molecule has 1 aliphatic carbocycles. The van der Waals surface area contributed by atoms with Gasteiger partial charge in [-0.1, -0.05) is 0 Å². The van der Waals surface area contributed by atoms with Crippen LogP contribution in [0.1, 0.15) is 17.7 Å². The SMILES string of the molecule is CN1CCN(c2ncc(CNC3CC3)s2)CC1. The maximum atomic E-state index is 4.55. The van der Waals surface area contributed by atoms with Gasteiger partial charge in [-0.25, -0.2) is 4.98 Å². The van der Waals surface area contributed by atoms with Gasteiger partial charge in [0.25, 0.3) is 0 Å². The molecule has 5 heteroatoms. The van der Waals surface area contributed by atoms with Crippen molar-refractivity contribution in [1.29, 1.82) is 0 Å². The molecule has 3 rings (SSSR count). The molecule has 0 bridgehead atoms. The van der Waals surface area contributed by atoms with Crippen LogP contribution in [0.3, 0.4) is 0 Å². The minimum atomic E-state index is 0.782. The van der Waals surface area contributed by atoms with Crippen molar-refractivity contribution < 1.29 is 0 Å². The highest BCUT2D eigenvalue weighted by Crippen LogP contribution is 2.25. The first-order chi connectivity index (χ1) is 8.31. The summed E-state index contributed by atoms with van der Waals surface area (Å²) in [5, 5.41) is 4.74. The molecule has 0 spiro atoms. The lowest BCUT2D eigenvalue weighted by atomic mass is 10.3. The van der Waals surface area contributed by atoms with Crippen molar-refractivity contribution in [2.75, 3.05) is 38.1 Å². The summed E-state index contributed by atoms with van der Waals surface area (Å²) in [7, 11) is 2.18. The summed E-state index contributed by atoms with van der Waals surface area (Å²) in [4.78, 5) is 10.7. The first kappa shape index (κ1) is 11.4. The van der Waals surface area contributed by atoms with Gasteiger partial charge >= 0.3 is 0 Å². The molecule has 0 unspecified atom stereocenters. The van der Waals surface area contributed by atoms with Gasteiger partial charge in [-0.2, -0.15) is 0 Å². The van der Waals surface area contributed by atoms with Crippen LogP contribution < -0.4 is 10.2 Å². The molecule has 0 radical (unpaired) electrons. The minimum absolute atomic E-state index is 0.782. The maximum absolute atomic E-state index is 4.55. The van der Waals surface area contributed by atoms with Crippen molar-refractivity contribution >= 4 is 16.5 Å². The van der Waals surface area contributed by atoms with E-state index in [2.05, 4.69) is 27.1 Å². The molecular formula is C12H20N4S. The summed E-state index contributed by atoms with van der Waals surface area (Å²) in [6, 6.07) is 0.782. The predicted molar refractivity (Wildman–Crippen MR) is 71.7 cm³/mol. The molecule has 0 aromatic carbocycles. The van der Waals surface area contributed by atoms with Gasteiger partial charge in [-0.3, -0.25) is 0 Å². The molecule has 2 heterocycles. The van der Waals surface area contributed by atoms with Crippen molar-refractivity contribution in [3.05, 3.63) is 11.1 Å². The second-order valence-corrected chi connectivity index (χ2v) is 6.15. The lowest BCUT2D eigenvalue weighted by Crippen LogP contribution is -2.44. The third-order valence-corrected chi connectivity index (χ3v) is 4.52. The van der Waals surface area contributed by atoms with Gasteiger partial charge in [0.05, 0.1) is 0 Å². The van der Waals surface area contributed by atoms with Gasteiger partial charge in [0, 0.05) is 49.8 Å². The summed E-state index contributed by atoms with van der Waals surface area (Å²) in [6.45, 7) is 5.51. The predicted octanol–water partition coefficient (Wildman–Crippen LogP) is 1.15. The van der Waals surface area contributed by atoms with E-state index in [0.717, 1.165) is 38.8 Å². The lowest BCUT2D eigenvalue weighted by Gasteiger charge is -2.32. The molecular weight excluding hydrogens is 232 g/mol. The summed E-state index contributed by atoms with van der Waals surface area (Å²) in [6.07, 6.45) is 4.74. The number of thiazole rings is 1. The number of nitrogens with one attached hydrogen (secondary N) is 1. The molecule has 1 aliphatic heterocycles. The Morgan fingerprint density at radius 1 is 1.35 bits per heavy atom.